The summed E-state index contributed by atoms with van der Waals surface area (Å²) in [6.07, 6.45) is 1.77. The predicted molar refractivity (Wildman–Crippen MR) is 144 cm³/mol. The highest BCUT2D eigenvalue weighted by Gasteiger charge is 2.24. The van der Waals surface area contributed by atoms with Crippen LogP contribution < -0.4 is 20.4 Å². The average Bonchev–Trinajstić information content (AvgIpc) is 2.91. The summed E-state index contributed by atoms with van der Waals surface area (Å²) in [6.45, 7) is 7.75. The van der Waals surface area contributed by atoms with Crippen LogP contribution in [0, 0.1) is 6.92 Å². The number of anilines is 4. The number of rotatable bonds is 6. The monoisotopic (exact) mass is 527 g/mol. The fourth-order valence-electron chi connectivity index (χ4n) is 4.51. The first kappa shape index (κ1) is 24.9. The zero-order valence-electron chi connectivity index (χ0n) is 20.2. The lowest BCUT2D eigenvalue weighted by Crippen LogP contribution is -2.47. The molecule has 0 unspecified atom stereocenters. The van der Waals surface area contributed by atoms with Crippen molar-refractivity contribution in [2.75, 3.05) is 72.9 Å². The summed E-state index contributed by atoms with van der Waals surface area (Å²) in [7, 11) is 0. The highest BCUT2D eigenvalue weighted by atomic mass is 35.5. The summed E-state index contributed by atoms with van der Waals surface area (Å²) >= 11 is 8.21. The van der Waals surface area contributed by atoms with E-state index < -0.39 is 0 Å². The summed E-state index contributed by atoms with van der Waals surface area (Å²) in [5, 5.41) is 11.5. The first-order valence-electron chi connectivity index (χ1n) is 12.0. The maximum atomic E-state index is 10.1. The summed E-state index contributed by atoms with van der Waals surface area (Å²) < 4.78 is 5.45. The minimum absolute atomic E-state index is 0.189. The maximum absolute atomic E-state index is 10.1. The molecule has 0 aliphatic carbocycles. The van der Waals surface area contributed by atoms with Crippen molar-refractivity contribution in [3.05, 3.63) is 52.9 Å². The van der Waals surface area contributed by atoms with Crippen molar-refractivity contribution in [2.24, 2.45) is 0 Å². The molecule has 0 atom stereocenters. The van der Waals surface area contributed by atoms with E-state index in [-0.39, 0.29) is 6.61 Å². The number of halogens is 1. The van der Waals surface area contributed by atoms with Gasteiger partial charge in [-0.1, -0.05) is 35.5 Å². The van der Waals surface area contributed by atoms with Gasteiger partial charge in [0.15, 0.2) is 5.82 Å². The predicted octanol–water partition coefficient (Wildman–Crippen LogP) is 3.22. The second kappa shape index (κ2) is 11.1. The quantitative estimate of drug-likeness (QED) is 0.464. The maximum Gasteiger partial charge on any atom is 0.153 e. The molecule has 9 nitrogen and oxygen atoms in total. The Labute approximate surface area is 220 Å². The number of nitrogens with two attached hydrogens (primary N) is 1. The number of aryl methyl sites for hydroxylation is 1. The third-order valence-corrected chi connectivity index (χ3v) is 8.06. The minimum Gasteiger partial charge on any atom is -0.397 e. The molecule has 2 saturated heterocycles. The molecule has 0 bridgehead atoms. The Bertz CT molecular complexity index is 1220. The van der Waals surface area contributed by atoms with Crippen LogP contribution in [0.2, 0.25) is 5.02 Å². The minimum atomic E-state index is -0.189. The molecule has 2 aliphatic heterocycles. The van der Waals surface area contributed by atoms with Gasteiger partial charge in [0.25, 0.3) is 0 Å². The van der Waals surface area contributed by atoms with Gasteiger partial charge in [0.2, 0.25) is 0 Å². The van der Waals surface area contributed by atoms with Crippen molar-refractivity contribution in [1.82, 2.24) is 15.0 Å². The lowest BCUT2D eigenvalue weighted by atomic mass is 10.2. The first-order chi connectivity index (χ1) is 17.5. The van der Waals surface area contributed by atoms with Gasteiger partial charge in [-0.05, 0) is 25.1 Å². The number of hydrogen-bond donors (Lipinski definition) is 2. The van der Waals surface area contributed by atoms with Gasteiger partial charge in [-0.2, -0.15) is 0 Å². The molecular formula is C25H30ClN7O2S. The van der Waals surface area contributed by atoms with E-state index in [0.29, 0.717) is 23.9 Å². The lowest BCUT2D eigenvalue weighted by Gasteiger charge is -2.37. The number of aliphatic hydroxyl groups is 1. The fourth-order valence-corrected chi connectivity index (χ4v) is 5.72. The van der Waals surface area contributed by atoms with Gasteiger partial charge >= 0.3 is 0 Å². The molecule has 0 radical (unpaired) electrons. The van der Waals surface area contributed by atoms with Crippen LogP contribution in [0.3, 0.4) is 0 Å². The number of hydrogen-bond acceptors (Lipinski definition) is 10. The number of benzene rings is 1. The largest absolute Gasteiger partial charge is 0.397 e. The number of pyridine rings is 1. The van der Waals surface area contributed by atoms with E-state index >= 15 is 0 Å². The van der Waals surface area contributed by atoms with Crippen molar-refractivity contribution >= 4 is 46.4 Å². The number of nitrogens with zero attached hydrogens (tertiary/aromatic N) is 6. The third-order valence-electron chi connectivity index (χ3n) is 6.44. The standard InChI is InChI=1S/C25H30ClN7O2S/c1-17-25(36-21-6-7-28-24(22(21)26)33-12-14-35-15-13-33)30-19(16-34)23(29-17)32-10-8-31(9-11-32)20-5-3-2-4-18(20)27/h2-7,34H,8-16,27H2,1H3. The van der Waals surface area contributed by atoms with Crippen LogP contribution >= 0.6 is 23.4 Å². The second-order valence-corrected chi connectivity index (χ2v) is 10.1. The lowest BCUT2D eigenvalue weighted by molar-refractivity contribution is 0.122. The molecule has 2 fully saturated rings. The Kier molecular flexibility index (Phi) is 7.66. The van der Waals surface area contributed by atoms with Crippen molar-refractivity contribution in [3.8, 4) is 0 Å². The summed E-state index contributed by atoms with van der Waals surface area (Å²) in [6, 6.07) is 9.82. The highest BCUT2D eigenvalue weighted by molar-refractivity contribution is 7.99. The van der Waals surface area contributed by atoms with Gasteiger partial charge < -0.3 is 30.3 Å². The topological polar surface area (TPSA) is 104 Å². The molecular weight excluding hydrogens is 498 g/mol. The van der Waals surface area contributed by atoms with Crippen LogP contribution in [0.25, 0.3) is 0 Å². The van der Waals surface area contributed by atoms with Gasteiger partial charge in [-0.25, -0.2) is 15.0 Å². The molecule has 190 valence electrons. The van der Waals surface area contributed by atoms with Gasteiger partial charge in [0.1, 0.15) is 16.5 Å². The number of aromatic nitrogens is 3. The van der Waals surface area contributed by atoms with Crippen molar-refractivity contribution < 1.29 is 9.84 Å². The normalized spacial score (nSPS) is 16.5. The number of ether oxygens (including phenoxy) is 1. The highest BCUT2D eigenvalue weighted by Crippen LogP contribution is 2.39. The molecule has 3 N–H and O–H groups in total. The van der Waals surface area contributed by atoms with Crippen LogP contribution in [0.5, 0.6) is 0 Å². The Hall–Kier alpha value is -2.79. The van der Waals surface area contributed by atoms with Gasteiger partial charge in [-0.3, -0.25) is 0 Å². The molecule has 2 aromatic heterocycles. The molecule has 5 rings (SSSR count). The van der Waals surface area contributed by atoms with Gasteiger partial charge in [-0.15, -0.1) is 0 Å². The van der Waals surface area contributed by atoms with Crippen molar-refractivity contribution in [2.45, 2.75) is 23.5 Å². The Balaban J connectivity index is 1.33. The van der Waals surface area contributed by atoms with Crippen molar-refractivity contribution in [3.63, 3.8) is 0 Å². The molecule has 0 amide bonds. The molecule has 3 aromatic rings. The van der Waals surface area contributed by atoms with E-state index in [1.54, 1.807) is 6.20 Å². The molecule has 11 heteroatoms. The van der Waals surface area contributed by atoms with E-state index in [2.05, 4.69) is 25.8 Å². The van der Waals surface area contributed by atoms with E-state index in [1.807, 2.05) is 31.2 Å². The van der Waals surface area contributed by atoms with Crippen molar-refractivity contribution in [1.29, 1.82) is 0 Å². The Morgan fingerprint density at radius 1 is 0.972 bits per heavy atom. The van der Waals surface area contributed by atoms with E-state index in [4.69, 9.17) is 32.0 Å². The first-order valence-corrected chi connectivity index (χ1v) is 13.2. The average molecular weight is 528 g/mol. The molecule has 2 aliphatic rings. The van der Waals surface area contributed by atoms with Crippen LogP contribution in [0.1, 0.15) is 11.4 Å². The Morgan fingerprint density at radius 3 is 2.39 bits per heavy atom. The van der Waals surface area contributed by atoms with Crippen LogP contribution in [-0.2, 0) is 11.3 Å². The van der Waals surface area contributed by atoms with Crippen LogP contribution in [0.4, 0.5) is 23.0 Å². The number of morpholine rings is 1. The summed E-state index contributed by atoms with van der Waals surface area (Å²) in [5.41, 5.74) is 9.37. The van der Waals surface area contributed by atoms with Crippen LogP contribution in [-0.4, -0.2) is 72.5 Å². The molecule has 0 saturated carbocycles. The van der Waals surface area contributed by atoms with Gasteiger partial charge in [0, 0.05) is 50.4 Å². The number of para-hydroxylation sites is 2. The van der Waals surface area contributed by atoms with Gasteiger partial charge in [0.05, 0.1) is 41.9 Å². The molecule has 4 heterocycles. The zero-order valence-corrected chi connectivity index (χ0v) is 21.8. The Morgan fingerprint density at radius 2 is 1.67 bits per heavy atom. The third kappa shape index (κ3) is 5.17. The van der Waals surface area contributed by atoms with E-state index in [1.165, 1.54) is 11.8 Å². The van der Waals surface area contributed by atoms with Crippen LogP contribution in [0.15, 0.2) is 46.5 Å². The smallest absolute Gasteiger partial charge is 0.153 e. The zero-order chi connectivity index (χ0) is 25.1. The summed E-state index contributed by atoms with van der Waals surface area (Å²) in [4.78, 5) is 21.6. The van der Waals surface area contributed by atoms with E-state index in [9.17, 15) is 5.11 Å². The number of piperazine rings is 1. The molecule has 0 spiro atoms. The number of nitrogen functional groups attached to an aromatic ring is 1. The molecule has 36 heavy (non-hydrogen) atoms. The fraction of sp³-hybridized carbons (Fsp3) is 0.400. The summed E-state index contributed by atoms with van der Waals surface area (Å²) in [5.74, 6) is 1.49. The van der Waals surface area contributed by atoms with E-state index in [0.717, 1.165) is 77.9 Å². The molecule has 1 aromatic carbocycles. The number of aliphatic hydroxyl groups excluding tert-OH is 1. The SMILES string of the molecule is Cc1nc(N2CCN(c3ccccc3N)CC2)c(CO)nc1Sc1ccnc(N2CCOCC2)c1Cl. The second-order valence-electron chi connectivity index (χ2n) is 8.72.